The summed E-state index contributed by atoms with van der Waals surface area (Å²) in [6, 6.07) is 13.1. The summed E-state index contributed by atoms with van der Waals surface area (Å²) in [7, 11) is 2.03. The molecule has 0 radical (unpaired) electrons. The summed E-state index contributed by atoms with van der Waals surface area (Å²) in [6.07, 6.45) is 3.77. The molecule has 1 saturated heterocycles. The number of quaternary nitrogens is 1. The molecule has 3 heterocycles. The molecule has 0 unspecified atom stereocenters. The average Bonchev–Trinajstić information content (AvgIpc) is 3.03. The van der Waals surface area contributed by atoms with Crippen LogP contribution in [0.15, 0.2) is 53.5 Å². The molecule has 1 aliphatic rings. The van der Waals surface area contributed by atoms with E-state index in [1.165, 1.54) is 0 Å². The molecule has 6 heteroatoms. The minimum atomic E-state index is -0.186. The maximum absolute atomic E-state index is 13.3. The maximum Gasteiger partial charge on any atom is 0.322 e. The number of fused-ring (bicyclic) bond motifs is 1. The third-order valence-electron chi connectivity index (χ3n) is 4.99. The third kappa shape index (κ3) is 2.59. The number of hydrogen-bond donors (Lipinski definition) is 1. The van der Waals surface area contributed by atoms with E-state index < -0.39 is 0 Å². The number of nitrogens with zero attached hydrogens (tertiary/aromatic N) is 3. The van der Waals surface area contributed by atoms with Crippen LogP contribution in [-0.2, 0) is 0 Å². The molecule has 1 aliphatic heterocycles. The van der Waals surface area contributed by atoms with Crippen LogP contribution in [-0.4, -0.2) is 40.3 Å². The van der Waals surface area contributed by atoms with E-state index in [1.807, 2.05) is 43.4 Å². The summed E-state index contributed by atoms with van der Waals surface area (Å²) in [6.45, 7) is 1.73. The molecule has 1 fully saturated rings. The lowest BCUT2D eigenvalue weighted by Crippen LogP contribution is -2.46. The first kappa shape index (κ1) is 17.1. The Morgan fingerprint density at radius 1 is 1.08 bits per heavy atom. The number of aromatic nitrogens is 2. The van der Waals surface area contributed by atoms with Crippen molar-refractivity contribution in [3.63, 3.8) is 0 Å². The number of hydrogen-bond acceptors (Lipinski definition) is 4. The fourth-order valence-electron chi connectivity index (χ4n) is 3.75. The van der Waals surface area contributed by atoms with Gasteiger partial charge in [-0.05, 0) is 24.3 Å². The molecular weight excluding hydrogens is 318 g/mol. The molecule has 0 spiro atoms. The first-order valence-electron chi connectivity index (χ1n) is 8.25. The molecular formula is C19H21N3O3. The van der Waals surface area contributed by atoms with Gasteiger partial charge in [-0.1, -0.05) is 18.2 Å². The van der Waals surface area contributed by atoms with Crippen molar-refractivity contribution in [3.05, 3.63) is 59.0 Å². The molecule has 2 N–H and O–H groups in total. The van der Waals surface area contributed by atoms with E-state index in [-0.39, 0.29) is 16.8 Å². The fraction of sp³-hybridized carbons (Fsp3) is 0.263. The Morgan fingerprint density at radius 2 is 1.76 bits per heavy atom. The van der Waals surface area contributed by atoms with Crippen LogP contribution < -0.4 is 10.0 Å². The van der Waals surface area contributed by atoms with E-state index in [4.69, 9.17) is 0 Å². The predicted molar refractivity (Wildman–Crippen MR) is 97.6 cm³/mol. The third-order valence-corrected chi connectivity index (χ3v) is 4.99. The largest absolute Gasteiger partial charge is 0.870 e. The highest BCUT2D eigenvalue weighted by atomic mass is 16.3. The van der Waals surface area contributed by atoms with Crippen molar-refractivity contribution >= 4 is 16.7 Å². The van der Waals surface area contributed by atoms with Gasteiger partial charge in [0, 0.05) is 19.0 Å². The topological polar surface area (TPSA) is 85.1 Å². The van der Waals surface area contributed by atoms with Crippen LogP contribution in [0, 0.1) is 0 Å². The van der Waals surface area contributed by atoms with Gasteiger partial charge in [-0.25, -0.2) is 4.98 Å². The molecule has 6 nitrogen and oxygen atoms in total. The molecule has 25 heavy (non-hydrogen) atoms. The molecule has 0 bridgehead atoms. The minimum Gasteiger partial charge on any atom is -0.870 e. The monoisotopic (exact) mass is 339 g/mol. The highest BCUT2D eigenvalue weighted by molar-refractivity contribution is 5.88. The Bertz CT molecular complexity index is 961. The van der Waals surface area contributed by atoms with Crippen molar-refractivity contribution < 1.29 is 10.6 Å². The van der Waals surface area contributed by atoms with Gasteiger partial charge in [0.1, 0.15) is 0 Å². The first-order valence-corrected chi connectivity index (χ1v) is 8.25. The number of aromatic hydroxyl groups is 1. The Morgan fingerprint density at radius 3 is 2.44 bits per heavy atom. The van der Waals surface area contributed by atoms with Crippen molar-refractivity contribution in [2.24, 2.45) is 0 Å². The van der Waals surface area contributed by atoms with Crippen molar-refractivity contribution in [1.29, 1.82) is 0 Å². The fourth-order valence-corrected chi connectivity index (χ4v) is 3.75. The van der Waals surface area contributed by atoms with Gasteiger partial charge in [-0.3, -0.25) is 13.8 Å². The van der Waals surface area contributed by atoms with Gasteiger partial charge in [-0.2, -0.15) is 0 Å². The summed E-state index contributed by atoms with van der Waals surface area (Å²) in [5.74, 6) is 0.0691. The summed E-state index contributed by atoms with van der Waals surface area (Å²) in [5, 5.41) is 11.5. The van der Waals surface area contributed by atoms with Gasteiger partial charge in [0.15, 0.2) is 11.4 Å². The van der Waals surface area contributed by atoms with Crippen molar-refractivity contribution in [1.82, 2.24) is 14.0 Å². The second-order valence-electron chi connectivity index (χ2n) is 6.60. The van der Waals surface area contributed by atoms with Gasteiger partial charge in [0.2, 0.25) is 5.69 Å². The molecule has 0 amide bonds. The lowest BCUT2D eigenvalue weighted by Gasteiger charge is -2.29. The molecule has 0 saturated carbocycles. The van der Waals surface area contributed by atoms with E-state index in [1.54, 1.807) is 16.8 Å². The minimum absolute atomic E-state index is 0. The summed E-state index contributed by atoms with van der Waals surface area (Å²) in [4.78, 5) is 17.7. The first-order chi connectivity index (χ1) is 11.6. The highest BCUT2D eigenvalue weighted by Crippen LogP contribution is 2.37. The van der Waals surface area contributed by atoms with E-state index in [0.717, 1.165) is 31.6 Å². The van der Waals surface area contributed by atoms with Crippen LogP contribution in [0.4, 0.5) is 5.69 Å². The molecule has 0 atom stereocenters. The van der Waals surface area contributed by atoms with Gasteiger partial charge >= 0.3 is 5.56 Å². The van der Waals surface area contributed by atoms with Crippen molar-refractivity contribution in [2.75, 3.05) is 20.1 Å². The standard InChI is InChI=1S/C19H19N3O2.H2O/c1-22(12-5-6-13-22)16-17(23)15-10-7-11-20-18(15)21(19(16)24)14-8-3-2-4-9-14;/h2-4,7-11H,5-6,12-13H2,1H3;1H2. The van der Waals surface area contributed by atoms with Crippen LogP contribution >= 0.6 is 0 Å². The SMILES string of the molecule is C[N+]1(c2c(O)c3cccnc3n(-c3ccccc3)c2=O)CCCC1.[OH-]. The smallest absolute Gasteiger partial charge is 0.322 e. The van der Waals surface area contributed by atoms with Crippen LogP contribution in [0.1, 0.15) is 12.8 Å². The Labute approximate surface area is 145 Å². The summed E-state index contributed by atoms with van der Waals surface area (Å²) < 4.78 is 2.09. The van der Waals surface area contributed by atoms with Crippen molar-refractivity contribution in [3.8, 4) is 11.4 Å². The second-order valence-corrected chi connectivity index (χ2v) is 6.60. The van der Waals surface area contributed by atoms with E-state index in [2.05, 4.69) is 4.98 Å². The Hall–Kier alpha value is -2.70. The molecule has 4 rings (SSSR count). The quantitative estimate of drug-likeness (QED) is 0.727. The van der Waals surface area contributed by atoms with Crippen LogP contribution in [0.25, 0.3) is 16.7 Å². The summed E-state index contributed by atoms with van der Waals surface area (Å²) in [5.41, 5.74) is 1.53. The van der Waals surface area contributed by atoms with Crippen LogP contribution in [0.5, 0.6) is 5.75 Å². The lowest BCUT2D eigenvalue weighted by molar-refractivity contribution is 0.376. The van der Waals surface area contributed by atoms with Crippen LogP contribution in [0.3, 0.4) is 0 Å². The second kappa shape index (κ2) is 6.31. The molecule has 2 aromatic heterocycles. The van der Waals surface area contributed by atoms with Gasteiger partial charge in [-0.15, -0.1) is 0 Å². The van der Waals surface area contributed by atoms with Gasteiger partial charge in [0.25, 0.3) is 0 Å². The van der Waals surface area contributed by atoms with E-state index in [0.29, 0.717) is 21.2 Å². The zero-order valence-corrected chi connectivity index (χ0v) is 14.1. The zero-order valence-electron chi connectivity index (χ0n) is 14.1. The molecule has 130 valence electrons. The van der Waals surface area contributed by atoms with Gasteiger partial charge < -0.3 is 10.6 Å². The number of pyridine rings is 2. The number of para-hydroxylation sites is 1. The number of likely N-dealkylation sites (tertiary alicyclic amines) is 1. The number of benzene rings is 1. The highest BCUT2D eigenvalue weighted by Gasteiger charge is 2.37. The lowest BCUT2D eigenvalue weighted by atomic mass is 10.2. The van der Waals surface area contributed by atoms with E-state index >= 15 is 0 Å². The summed E-state index contributed by atoms with van der Waals surface area (Å²) >= 11 is 0. The van der Waals surface area contributed by atoms with Gasteiger partial charge in [0.05, 0.1) is 31.2 Å². The zero-order chi connectivity index (χ0) is 16.7. The Kier molecular flexibility index (Phi) is 4.32. The molecule has 3 aromatic rings. The normalized spacial score (nSPS) is 15.9. The number of rotatable bonds is 2. The van der Waals surface area contributed by atoms with Crippen molar-refractivity contribution in [2.45, 2.75) is 12.8 Å². The maximum atomic E-state index is 13.3. The molecule has 1 aromatic carbocycles. The Balaban J connectivity index is 0.00000182. The average molecular weight is 339 g/mol. The van der Waals surface area contributed by atoms with E-state index in [9.17, 15) is 9.90 Å². The predicted octanol–water partition coefficient (Wildman–Crippen LogP) is 2.65. The van der Waals surface area contributed by atoms with Crippen LogP contribution in [0.2, 0.25) is 0 Å². The molecule has 0 aliphatic carbocycles.